The summed E-state index contributed by atoms with van der Waals surface area (Å²) in [5, 5.41) is 3.08. The van der Waals surface area contributed by atoms with Crippen molar-refractivity contribution in [3.8, 4) is 5.88 Å². The first-order valence-electron chi connectivity index (χ1n) is 6.43. The lowest BCUT2D eigenvalue weighted by atomic mass is 10.3. The molecule has 0 unspecified atom stereocenters. The summed E-state index contributed by atoms with van der Waals surface area (Å²) in [6.45, 7) is 5.61. The molecule has 0 aliphatic rings. The van der Waals surface area contributed by atoms with Gasteiger partial charge in [0.25, 0.3) is 0 Å². The van der Waals surface area contributed by atoms with Crippen molar-refractivity contribution in [1.82, 2.24) is 19.9 Å². The highest BCUT2D eigenvalue weighted by molar-refractivity contribution is 5.76. The number of ether oxygens (including phenoxy) is 1. The van der Waals surface area contributed by atoms with E-state index >= 15 is 0 Å². The summed E-state index contributed by atoms with van der Waals surface area (Å²) >= 11 is 0. The van der Waals surface area contributed by atoms with E-state index in [-0.39, 0.29) is 0 Å². The average molecular weight is 249 g/mol. The molecule has 18 heavy (non-hydrogen) atoms. The van der Waals surface area contributed by atoms with Gasteiger partial charge in [-0.15, -0.1) is 0 Å². The van der Waals surface area contributed by atoms with E-state index in [9.17, 15) is 0 Å². The lowest BCUT2D eigenvalue weighted by Gasteiger charge is -2.07. The van der Waals surface area contributed by atoms with Crippen molar-refractivity contribution in [1.29, 1.82) is 0 Å². The van der Waals surface area contributed by atoms with Crippen LogP contribution in [0, 0.1) is 0 Å². The molecule has 0 radical (unpaired) electrons. The second kappa shape index (κ2) is 6.18. The summed E-state index contributed by atoms with van der Waals surface area (Å²) in [5.41, 5.74) is 1.39. The Kier molecular flexibility index (Phi) is 4.33. The van der Waals surface area contributed by atoms with Gasteiger partial charge in [0.2, 0.25) is 11.8 Å². The van der Waals surface area contributed by atoms with Gasteiger partial charge in [-0.25, -0.2) is 4.98 Å². The number of hydrogen-bond acceptors (Lipinski definition) is 5. The average Bonchev–Trinajstić information content (AvgIpc) is 2.83. The van der Waals surface area contributed by atoms with Crippen molar-refractivity contribution in [2.75, 3.05) is 18.5 Å². The van der Waals surface area contributed by atoms with Crippen molar-refractivity contribution < 1.29 is 4.74 Å². The number of nitrogens with zero attached hydrogens (tertiary/aromatic N) is 3. The minimum atomic E-state index is 0.558. The van der Waals surface area contributed by atoms with Crippen LogP contribution in [0.5, 0.6) is 5.88 Å². The van der Waals surface area contributed by atoms with Crippen LogP contribution >= 0.6 is 0 Å². The van der Waals surface area contributed by atoms with Gasteiger partial charge in [-0.1, -0.05) is 19.8 Å². The molecule has 0 atom stereocenters. The van der Waals surface area contributed by atoms with Crippen LogP contribution in [0.2, 0.25) is 0 Å². The van der Waals surface area contributed by atoms with Crippen LogP contribution in [-0.4, -0.2) is 33.1 Å². The van der Waals surface area contributed by atoms with E-state index in [2.05, 4.69) is 32.2 Å². The predicted molar refractivity (Wildman–Crippen MR) is 70.9 cm³/mol. The van der Waals surface area contributed by atoms with E-state index in [1.165, 1.54) is 6.42 Å². The maximum Gasteiger partial charge on any atom is 0.245 e. The molecule has 0 aliphatic carbocycles. The summed E-state index contributed by atoms with van der Waals surface area (Å²) in [7, 11) is 0. The van der Waals surface area contributed by atoms with E-state index in [1.54, 1.807) is 6.33 Å². The molecule has 0 saturated heterocycles. The number of rotatable bonds is 7. The summed E-state index contributed by atoms with van der Waals surface area (Å²) in [5.74, 6) is 1.13. The van der Waals surface area contributed by atoms with Crippen molar-refractivity contribution in [3.63, 3.8) is 0 Å². The standard InChI is InChI=1S/C12H19N5O/c1-3-5-6-7-18-11-9-10(15-8-14-9)16-12(17-11)13-4-2/h8H,3-7H2,1-2H3,(H2,13,14,15,16,17). The summed E-state index contributed by atoms with van der Waals surface area (Å²) in [6, 6.07) is 0. The van der Waals surface area contributed by atoms with E-state index < -0.39 is 0 Å². The molecule has 98 valence electrons. The van der Waals surface area contributed by atoms with Crippen LogP contribution < -0.4 is 10.1 Å². The monoisotopic (exact) mass is 249 g/mol. The summed E-state index contributed by atoms with van der Waals surface area (Å²) in [6.07, 6.45) is 4.98. The van der Waals surface area contributed by atoms with E-state index in [4.69, 9.17) is 4.74 Å². The molecule has 6 heteroatoms. The van der Waals surface area contributed by atoms with Crippen molar-refractivity contribution in [2.45, 2.75) is 33.1 Å². The first-order valence-corrected chi connectivity index (χ1v) is 6.43. The third-order valence-electron chi connectivity index (χ3n) is 2.57. The second-order valence-electron chi connectivity index (χ2n) is 4.04. The molecule has 0 aliphatic heterocycles. The maximum atomic E-state index is 5.70. The largest absolute Gasteiger partial charge is 0.476 e. The lowest BCUT2D eigenvalue weighted by Crippen LogP contribution is -2.06. The Morgan fingerprint density at radius 3 is 2.94 bits per heavy atom. The number of aromatic nitrogens is 4. The van der Waals surface area contributed by atoms with Gasteiger partial charge in [0.1, 0.15) is 5.52 Å². The fourth-order valence-corrected chi connectivity index (χ4v) is 1.67. The normalized spacial score (nSPS) is 10.8. The summed E-state index contributed by atoms with van der Waals surface area (Å²) in [4.78, 5) is 15.8. The number of H-pyrrole nitrogens is 1. The van der Waals surface area contributed by atoms with Gasteiger partial charge in [0.05, 0.1) is 12.9 Å². The molecule has 0 amide bonds. The van der Waals surface area contributed by atoms with E-state index in [0.717, 1.165) is 24.9 Å². The van der Waals surface area contributed by atoms with Gasteiger partial charge in [-0.3, -0.25) is 0 Å². The fourth-order valence-electron chi connectivity index (χ4n) is 1.67. The minimum Gasteiger partial charge on any atom is -0.476 e. The van der Waals surface area contributed by atoms with Crippen LogP contribution in [0.1, 0.15) is 33.1 Å². The molecule has 2 aromatic rings. The number of unbranched alkanes of at least 4 members (excludes halogenated alkanes) is 2. The number of fused-ring (bicyclic) bond motifs is 1. The molecular weight excluding hydrogens is 230 g/mol. The highest BCUT2D eigenvalue weighted by atomic mass is 16.5. The zero-order valence-electron chi connectivity index (χ0n) is 10.9. The molecule has 2 heterocycles. The Morgan fingerprint density at radius 1 is 1.28 bits per heavy atom. The van der Waals surface area contributed by atoms with E-state index in [0.29, 0.717) is 24.1 Å². The fraction of sp³-hybridized carbons (Fsp3) is 0.583. The molecule has 2 rings (SSSR count). The number of hydrogen-bond donors (Lipinski definition) is 2. The van der Waals surface area contributed by atoms with Gasteiger partial charge >= 0.3 is 0 Å². The molecule has 2 aromatic heterocycles. The second-order valence-corrected chi connectivity index (χ2v) is 4.04. The first kappa shape index (κ1) is 12.6. The predicted octanol–water partition coefficient (Wildman–Crippen LogP) is 2.35. The highest BCUT2D eigenvalue weighted by Crippen LogP contribution is 2.20. The molecule has 0 aromatic carbocycles. The van der Waals surface area contributed by atoms with Crippen LogP contribution in [-0.2, 0) is 0 Å². The Balaban J connectivity index is 2.15. The van der Waals surface area contributed by atoms with Crippen LogP contribution in [0.3, 0.4) is 0 Å². The van der Waals surface area contributed by atoms with E-state index in [1.807, 2.05) is 6.92 Å². The topological polar surface area (TPSA) is 75.7 Å². The quantitative estimate of drug-likeness (QED) is 0.737. The molecule has 0 fully saturated rings. The molecule has 6 nitrogen and oxygen atoms in total. The smallest absolute Gasteiger partial charge is 0.245 e. The van der Waals surface area contributed by atoms with Crippen LogP contribution in [0.25, 0.3) is 11.2 Å². The SMILES string of the molecule is CCCCCOc1nc(NCC)nc2nc[nH]c12. The Labute approximate surface area is 106 Å². The van der Waals surface area contributed by atoms with Gasteiger partial charge in [0, 0.05) is 6.54 Å². The highest BCUT2D eigenvalue weighted by Gasteiger charge is 2.10. The molecule has 0 saturated carbocycles. The zero-order valence-corrected chi connectivity index (χ0v) is 10.9. The Hall–Kier alpha value is -1.85. The Morgan fingerprint density at radius 2 is 2.17 bits per heavy atom. The van der Waals surface area contributed by atoms with Crippen molar-refractivity contribution in [3.05, 3.63) is 6.33 Å². The van der Waals surface area contributed by atoms with Gasteiger partial charge in [0.15, 0.2) is 5.65 Å². The van der Waals surface area contributed by atoms with Gasteiger partial charge < -0.3 is 15.0 Å². The molecule has 0 bridgehead atoms. The van der Waals surface area contributed by atoms with Gasteiger partial charge in [-0.2, -0.15) is 9.97 Å². The number of imidazole rings is 1. The number of anilines is 1. The number of aromatic amines is 1. The zero-order chi connectivity index (χ0) is 12.8. The molecule has 2 N–H and O–H groups in total. The van der Waals surface area contributed by atoms with Crippen molar-refractivity contribution in [2.24, 2.45) is 0 Å². The van der Waals surface area contributed by atoms with Crippen molar-refractivity contribution >= 4 is 17.1 Å². The lowest BCUT2D eigenvalue weighted by molar-refractivity contribution is 0.298. The van der Waals surface area contributed by atoms with Crippen LogP contribution in [0.15, 0.2) is 6.33 Å². The minimum absolute atomic E-state index is 0.558. The molecule has 0 spiro atoms. The molecular formula is C12H19N5O. The maximum absolute atomic E-state index is 5.70. The number of nitrogens with one attached hydrogen (secondary N) is 2. The third-order valence-corrected chi connectivity index (χ3v) is 2.57. The first-order chi connectivity index (χ1) is 8.85. The van der Waals surface area contributed by atoms with Crippen LogP contribution in [0.4, 0.5) is 5.95 Å². The third kappa shape index (κ3) is 2.88. The van der Waals surface area contributed by atoms with Gasteiger partial charge in [-0.05, 0) is 13.3 Å². The Bertz CT molecular complexity index is 496. The summed E-state index contributed by atoms with van der Waals surface area (Å²) < 4.78 is 5.70.